The van der Waals surface area contributed by atoms with E-state index in [2.05, 4.69) is 11.0 Å². The third-order valence-electron chi connectivity index (χ3n) is 4.04. The summed E-state index contributed by atoms with van der Waals surface area (Å²) in [7, 11) is 0. The molecule has 4 heteroatoms. The predicted molar refractivity (Wildman–Crippen MR) is 78.5 cm³/mol. The van der Waals surface area contributed by atoms with E-state index in [1.54, 1.807) is 0 Å². The number of benzene rings is 1. The quantitative estimate of drug-likeness (QED) is 0.834. The maximum atomic E-state index is 11.5. The molecule has 1 unspecified atom stereocenters. The van der Waals surface area contributed by atoms with E-state index in [1.165, 1.54) is 0 Å². The molecule has 1 aromatic carbocycles. The summed E-state index contributed by atoms with van der Waals surface area (Å²) in [4.78, 5) is 24.6. The zero-order valence-corrected chi connectivity index (χ0v) is 12.0. The molecule has 0 bridgehead atoms. The summed E-state index contributed by atoms with van der Waals surface area (Å²) in [5.74, 6) is -0.232. The molecular formula is C16H22N2O2. The number of rotatable bonds is 5. The number of primary amides is 1. The number of amides is 1. The number of carbonyl (C=O) groups excluding carboxylic acids is 2. The Kier molecular flexibility index (Phi) is 4.90. The number of likely N-dealkylation sites (tertiary alicyclic amines) is 1. The van der Waals surface area contributed by atoms with Crippen molar-refractivity contribution in [3.8, 4) is 0 Å². The number of piperidine rings is 1. The van der Waals surface area contributed by atoms with Crippen LogP contribution in [0.1, 0.15) is 47.7 Å². The van der Waals surface area contributed by atoms with Crippen molar-refractivity contribution in [3.05, 3.63) is 34.9 Å². The first-order valence-corrected chi connectivity index (χ1v) is 7.26. The van der Waals surface area contributed by atoms with Gasteiger partial charge in [-0.15, -0.1) is 0 Å². The minimum absolute atomic E-state index is 0.153. The van der Waals surface area contributed by atoms with Crippen molar-refractivity contribution in [2.24, 2.45) is 5.73 Å². The first kappa shape index (κ1) is 14.7. The summed E-state index contributed by atoms with van der Waals surface area (Å²) in [6, 6.07) is 5.75. The van der Waals surface area contributed by atoms with Gasteiger partial charge >= 0.3 is 0 Å². The van der Waals surface area contributed by atoms with E-state index in [9.17, 15) is 9.59 Å². The summed E-state index contributed by atoms with van der Waals surface area (Å²) in [5.41, 5.74) is 8.44. The molecule has 0 radical (unpaired) electrons. The second kappa shape index (κ2) is 6.66. The molecule has 1 atom stereocenters. The van der Waals surface area contributed by atoms with Gasteiger partial charge in [0.1, 0.15) is 6.29 Å². The Morgan fingerprint density at radius 1 is 1.45 bits per heavy atom. The van der Waals surface area contributed by atoms with Gasteiger partial charge in [0.05, 0.1) is 6.04 Å². The fraction of sp³-hybridized carbons (Fsp3) is 0.500. The van der Waals surface area contributed by atoms with Gasteiger partial charge in [-0.3, -0.25) is 14.5 Å². The van der Waals surface area contributed by atoms with Crippen molar-refractivity contribution in [3.63, 3.8) is 0 Å². The standard InChI is InChI=1S/C16H22N2O2/c1-2-13-9-12(6-7-14(13)11-19)10-18-8-4-3-5-15(18)16(17)20/h6-7,9,11,15H,2-5,8,10H2,1H3,(H2,17,20). The predicted octanol–water partition coefficient (Wildman–Crippen LogP) is 1.90. The number of hydrogen-bond acceptors (Lipinski definition) is 3. The van der Waals surface area contributed by atoms with Crippen LogP contribution in [0, 0.1) is 0 Å². The maximum absolute atomic E-state index is 11.5. The third-order valence-corrected chi connectivity index (χ3v) is 4.04. The van der Waals surface area contributed by atoms with Gasteiger partial charge in [0.25, 0.3) is 0 Å². The zero-order valence-electron chi connectivity index (χ0n) is 12.0. The molecule has 1 aromatic rings. The lowest BCUT2D eigenvalue weighted by Gasteiger charge is -2.33. The summed E-state index contributed by atoms with van der Waals surface area (Å²) < 4.78 is 0. The molecule has 2 N–H and O–H groups in total. The van der Waals surface area contributed by atoms with E-state index in [0.717, 1.165) is 61.7 Å². The molecule has 1 aliphatic rings. The SMILES string of the molecule is CCc1cc(CN2CCCCC2C(N)=O)ccc1C=O. The summed E-state index contributed by atoms with van der Waals surface area (Å²) >= 11 is 0. The molecule has 1 saturated heterocycles. The average molecular weight is 274 g/mol. The molecule has 108 valence electrons. The second-order valence-electron chi connectivity index (χ2n) is 5.39. The van der Waals surface area contributed by atoms with Crippen molar-refractivity contribution in [2.45, 2.75) is 45.2 Å². The Labute approximate surface area is 119 Å². The highest BCUT2D eigenvalue weighted by Gasteiger charge is 2.26. The minimum atomic E-state index is -0.232. The average Bonchev–Trinajstić information content (AvgIpc) is 2.47. The van der Waals surface area contributed by atoms with Crippen molar-refractivity contribution in [2.75, 3.05) is 6.54 Å². The Hall–Kier alpha value is -1.68. The van der Waals surface area contributed by atoms with Crippen molar-refractivity contribution < 1.29 is 9.59 Å². The Bertz CT molecular complexity index is 499. The lowest BCUT2D eigenvalue weighted by molar-refractivity contribution is -0.124. The molecule has 20 heavy (non-hydrogen) atoms. The van der Waals surface area contributed by atoms with E-state index in [0.29, 0.717) is 0 Å². The van der Waals surface area contributed by atoms with Gasteiger partial charge in [-0.25, -0.2) is 0 Å². The van der Waals surface area contributed by atoms with Crippen LogP contribution >= 0.6 is 0 Å². The topological polar surface area (TPSA) is 63.4 Å². The number of nitrogens with two attached hydrogens (primary N) is 1. The zero-order chi connectivity index (χ0) is 14.5. The first-order chi connectivity index (χ1) is 9.65. The molecule has 2 rings (SSSR count). The smallest absolute Gasteiger partial charge is 0.234 e. The van der Waals surface area contributed by atoms with Gasteiger partial charge < -0.3 is 5.73 Å². The number of carbonyl (C=O) groups is 2. The lowest BCUT2D eigenvalue weighted by Crippen LogP contribution is -2.47. The Morgan fingerprint density at radius 3 is 2.90 bits per heavy atom. The summed E-state index contributed by atoms with van der Waals surface area (Å²) in [6.07, 6.45) is 4.75. The van der Waals surface area contributed by atoms with E-state index in [4.69, 9.17) is 5.73 Å². The molecule has 1 amide bonds. The van der Waals surface area contributed by atoms with Crippen LogP contribution in [0.15, 0.2) is 18.2 Å². The normalized spacial score (nSPS) is 19.8. The monoisotopic (exact) mass is 274 g/mol. The molecule has 0 aliphatic carbocycles. The number of hydrogen-bond donors (Lipinski definition) is 1. The van der Waals surface area contributed by atoms with Gasteiger partial charge in [-0.1, -0.05) is 31.5 Å². The molecule has 0 saturated carbocycles. The van der Waals surface area contributed by atoms with Crippen LogP contribution in [-0.2, 0) is 17.8 Å². The highest BCUT2D eigenvalue weighted by molar-refractivity contribution is 5.80. The highest BCUT2D eigenvalue weighted by Crippen LogP contribution is 2.20. The van der Waals surface area contributed by atoms with Crippen LogP contribution in [0.25, 0.3) is 0 Å². The molecule has 1 fully saturated rings. The van der Waals surface area contributed by atoms with E-state index in [1.807, 2.05) is 19.1 Å². The van der Waals surface area contributed by atoms with E-state index >= 15 is 0 Å². The fourth-order valence-corrected chi connectivity index (χ4v) is 2.92. The molecular weight excluding hydrogens is 252 g/mol. The van der Waals surface area contributed by atoms with Crippen LogP contribution in [0.4, 0.5) is 0 Å². The van der Waals surface area contributed by atoms with Crippen LogP contribution in [0.5, 0.6) is 0 Å². The van der Waals surface area contributed by atoms with Gasteiger partial charge in [0.15, 0.2) is 0 Å². The van der Waals surface area contributed by atoms with Gasteiger partial charge in [0.2, 0.25) is 5.91 Å². The fourth-order valence-electron chi connectivity index (χ4n) is 2.92. The first-order valence-electron chi connectivity index (χ1n) is 7.26. The van der Waals surface area contributed by atoms with Crippen LogP contribution < -0.4 is 5.73 Å². The third kappa shape index (κ3) is 3.25. The molecule has 0 spiro atoms. The Morgan fingerprint density at radius 2 is 2.25 bits per heavy atom. The number of aldehydes is 1. The summed E-state index contributed by atoms with van der Waals surface area (Å²) in [6.45, 7) is 3.67. The highest BCUT2D eigenvalue weighted by atomic mass is 16.1. The van der Waals surface area contributed by atoms with Crippen LogP contribution in [0.2, 0.25) is 0 Å². The second-order valence-corrected chi connectivity index (χ2v) is 5.39. The van der Waals surface area contributed by atoms with Gasteiger partial charge in [0, 0.05) is 12.1 Å². The van der Waals surface area contributed by atoms with E-state index < -0.39 is 0 Å². The van der Waals surface area contributed by atoms with Gasteiger partial charge in [-0.2, -0.15) is 0 Å². The summed E-state index contributed by atoms with van der Waals surface area (Å²) in [5, 5.41) is 0. The van der Waals surface area contributed by atoms with Crippen molar-refractivity contribution >= 4 is 12.2 Å². The van der Waals surface area contributed by atoms with E-state index in [-0.39, 0.29) is 11.9 Å². The number of aryl methyl sites for hydroxylation is 1. The number of nitrogens with zero attached hydrogens (tertiary/aromatic N) is 1. The lowest BCUT2D eigenvalue weighted by atomic mass is 9.98. The van der Waals surface area contributed by atoms with Gasteiger partial charge in [-0.05, 0) is 36.9 Å². The minimum Gasteiger partial charge on any atom is -0.368 e. The Balaban J connectivity index is 2.15. The van der Waals surface area contributed by atoms with Crippen molar-refractivity contribution in [1.82, 2.24) is 4.90 Å². The molecule has 1 aliphatic heterocycles. The maximum Gasteiger partial charge on any atom is 0.234 e. The van der Waals surface area contributed by atoms with Crippen LogP contribution in [-0.4, -0.2) is 29.7 Å². The molecule has 0 aromatic heterocycles. The largest absolute Gasteiger partial charge is 0.368 e. The molecule has 1 heterocycles. The van der Waals surface area contributed by atoms with Crippen molar-refractivity contribution in [1.29, 1.82) is 0 Å². The van der Waals surface area contributed by atoms with Crippen LogP contribution in [0.3, 0.4) is 0 Å². The molecule has 4 nitrogen and oxygen atoms in total.